The first kappa shape index (κ1) is 16.6. The number of hydrogen-bond acceptors (Lipinski definition) is 3. The van der Waals surface area contributed by atoms with Gasteiger partial charge in [-0.25, -0.2) is 0 Å². The van der Waals surface area contributed by atoms with Crippen LogP contribution in [-0.4, -0.2) is 36.0 Å². The number of halogens is 1. The van der Waals surface area contributed by atoms with Gasteiger partial charge >= 0.3 is 5.97 Å². The van der Waals surface area contributed by atoms with Crippen LogP contribution < -0.4 is 0 Å². The number of carbonyl (C=O) groups excluding carboxylic acids is 2. The topological polar surface area (TPSA) is 46.6 Å². The third kappa shape index (κ3) is 5.19. The van der Waals surface area contributed by atoms with Crippen molar-refractivity contribution in [2.75, 3.05) is 13.2 Å². The Bertz CT molecular complexity index is 550. The summed E-state index contributed by atoms with van der Waals surface area (Å²) in [5, 5.41) is 0.664. The Morgan fingerprint density at radius 2 is 2.00 bits per heavy atom. The SMILES string of the molecule is CCOC(=O)CCN(C(=O)/C=C/c1ccc(Cl)cc1)C1CC1. The largest absolute Gasteiger partial charge is 0.466 e. The van der Waals surface area contributed by atoms with Crippen molar-refractivity contribution < 1.29 is 14.3 Å². The minimum atomic E-state index is -0.261. The number of nitrogens with zero attached hydrogens (tertiary/aromatic N) is 1. The van der Waals surface area contributed by atoms with Crippen LogP contribution in [0.25, 0.3) is 6.08 Å². The van der Waals surface area contributed by atoms with Crippen molar-refractivity contribution in [3.8, 4) is 0 Å². The third-order valence-corrected chi connectivity index (χ3v) is 3.67. The first-order valence-corrected chi connectivity index (χ1v) is 7.88. The highest BCUT2D eigenvalue weighted by molar-refractivity contribution is 6.30. The summed E-state index contributed by atoms with van der Waals surface area (Å²) in [6, 6.07) is 7.53. The second-order valence-corrected chi connectivity index (χ2v) is 5.64. The summed E-state index contributed by atoms with van der Waals surface area (Å²) >= 11 is 5.83. The fraction of sp³-hybridized carbons (Fsp3) is 0.412. The van der Waals surface area contributed by atoms with Crippen molar-refractivity contribution >= 4 is 29.6 Å². The maximum absolute atomic E-state index is 12.3. The van der Waals surface area contributed by atoms with Gasteiger partial charge in [0.25, 0.3) is 0 Å². The lowest BCUT2D eigenvalue weighted by Crippen LogP contribution is -2.33. The van der Waals surface area contributed by atoms with Crippen LogP contribution >= 0.6 is 11.6 Å². The molecule has 118 valence electrons. The van der Waals surface area contributed by atoms with E-state index in [2.05, 4.69) is 0 Å². The van der Waals surface area contributed by atoms with Gasteiger partial charge < -0.3 is 9.64 Å². The average Bonchev–Trinajstić information content (AvgIpc) is 3.32. The number of ether oxygens (including phenoxy) is 1. The Hall–Kier alpha value is -1.81. The summed E-state index contributed by atoms with van der Waals surface area (Å²) in [4.78, 5) is 25.5. The van der Waals surface area contributed by atoms with Crippen LogP contribution in [0.5, 0.6) is 0 Å². The second kappa shape index (κ2) is 7.99. The van der Waals surface area contributed by atoms with Gasteiger partial charge in [0.05, 0.1) is 13.0 Å². The molecule has 0 aliphatic heterocycles. The summed E-state index contributed by atoms with van der Waals surface area (Å²) in [6.07, 6.45) is 5.56. The Kier molecular flexibility index (Phi) is 6.01. The van der Waals surface area contributed by atoms with Crippen molar-refractivity contribution in [3.05, 3.63) is 40.9 Å². The number of benzene rings is 1. The zero-order valence-electron chi connectivity index (χ0n) is 12.6. The van der Waals surface area contributed by atoms with E-state index in [1.807, 2.05) is 12.1 Å². The number of hydrogen-bond donors (Lipinski definition) is 0. The first-order chi connectivity index (χ1) is 10.6. The molecule has 1 fully saturated rings. The molecule has 0 spiro atoms. The molecule has 1 aliphatic rings. The molecule has 1 aromatic carbocycles. The van der Waals surface area contributed by atoms with Crippen molar-refractivity contribution in [1.82, 2.24) is 4.90 Å². The zero-order chi connectivity index (χ0) is 15.9. The van der Waals surface area contributed by atoms with Crippen molar-refractivity contribution in [3.63, 3.8) is 0 Å². The molecule has 0 unspecified atom stereocenters. The molecule has 0 saturated heterocycles. The van der Waals surface area contributed by atoms with Crippen LogP contribution in [0.1, 0.15) is 31.7 Å². The molecular weight excluding hydrogens is 302 g/mol. The number of carbonyl (C=O) groups is 2. The first-order valence-electron chi connectivity index (χ1n) is 7.50. The summed E-state index contributed by atoms with van der Waals surface area (Å²) in [5.41, 5.74) is 0.916. The maximum Gasteiger partial charge on any atom is 0.307 e. The molecule has 0 aromatic heterocycles. The van der Waals surface area contributed by atoms with Crippen molar-refractivity contribution in [1.29, 1.82) is 0 Å². The van der Waals surface area contributed by atoms with Gasteiger partial charge in [0.2, 0.25) is 5.91 Å². The van der Waals surface area contributed by atoms with E-state index in [0.29, 0.717) is 18.2 Å². The van der Waals surface area contributed by atoms with E-state index in [1.165, 1.54) is 0 Å². The van der Waals surface area contributed by atoms with Crippen LogP contribution in [0.4, 0.5) is 0 Å². The molecule has 2 rings (SSSR count). The number of amides is 1. The summed E-state index contributed by atoms with van der Waals surface area (Å²) in [6.45, 7) is 2.55. The molecule has 4 nitrogen and oxygen atoms in total. The Morgan fingerprint density at radius 1 is 1.32 bits per heavy atom. The highest BCUT2D eigenvalue weighted by atomic mass is 35.5. The quantitative estimate of drug-likeness (QED) is 0.572. The Balaban J connectivity index is 1.92. The van der Waals surface area contributed by atoms with Gasteiger partial charge in [-0.2, -0.15) is 0 Å². The molecule has 1 aliphatic carbocycles. The monoisotopic (exact) mass is 321 g/mol. The average molecular weight is 322 g/mol. The third-order valence-electron chi connectivity index (χ3n) is 3.42. The lowest BCUT2D eigenvalue weighted by atomic mass is 10.2. The molecular formula is C17H20ClNO3. The van der Waals surface area contributed by atoms with Gasteiger partial charge in [-0.05, 0) is 43.5 Å². The molecule has 5 heteroatoms. The van der Waals surface area contributed by atoms with Crippen LogP contribution in [0.3, 0.4) is 0 Å². The molecule has 0 bridgehead atoms. The fourth-order valence-electron chi connectivity index (χ4n) is 2.14. The van der Waals surface area contributed by atoms with Crippen LogP contribution in [0, 0.1) is 0 Å². The normalized spacial score (nSPS) is 14.1. The van der Waals surface area contributed by atoms with E-state index in [0.717, 1.165) is 18.4 Å². The Labute approximate surface area is 135 Å². The molecule has 1 saturated carbocycles. The van der Waals surface area contributed by atoms with E-state index < -0.39 is 0 Å². The standard InChI is InChI=1S/C17H20ClNO3/c1-2-22-17(21)11-12-19(15-8-9-15)16(20)10-5-13-3-6-14(18)7-4-13/h3-7,10,15H,2,8-9,11-12H2,1H3/b10-5+. The van der Waals surface area contributed by atoms with Crippen molar-refractivity contribution in [2.45, 2.75) is 32.2 Å². The summed E-state index contributed by atoms with van der Waals surface area (Å²) in [7, 11) is 0. The van der Waals surface area contributed by atoms with Gasteiger partial charge in [0, 0.05) is 23.7 Å². The van der Waals surface area contributed by atoms with Gasteiger partial charge in [-0.15, -0.1) is 0 Å². The second-order valence-electron chi connectivity index (χ2n) is 5.20. The number of rotatable bonds is 7. The van der Waals surface area contributed by atoms with E-state index in [4.69, 9.17) is 16.3 Å². The van der Waals surface area contributed by atoms with E-state index in [1.54, 1.807) is 36.1 Å². The summed E-state index contributed by atoms with van der Waals surface area (Å²) in [5.74, 6) is -0.329. The minimum absolute atomic E-state index is 0.0678. The fourth-order valence-corrected chi connectivity index (χ4v) is 2.27. The number of esters is 1. The van der Waals surface area contributed by atoms with Gasteiger partial charge in [-0.1, -0.05) is 23.7 Å². The summed E-state index contributed by atoms with van der Waals surface area (Å²) < 4.78 is 4.91. The predicted octanol–water partition coefficient (Wildman–Crippen LogP) is 3.30. The highest BCUT2D eigenvalue weighted by Gasteiger charge is 2.31. The van der Waals surface area contributed by atoms with Crippen LogP contribution in [0.2, 0.25) is 5.02 Å². The van der Waals surface area contributed by atoms with Gasteiger partial charge in [0.15, 0.2) is 0 Å². The van der Waals surface area contributed by atoms with E-state index in [-0.39, 0.29) is 24.3 Å². The smallest absolute Gasteiger partial charge is 0.307 e. The van der Waals surface area contributed by atoms with Gasteiger partial charge in [0.1, 0.15) is 0 Å². The van der Waals surface area contributed by atoms with Gasteiger partial charge in [-0.3, -0.25) is 9.59 Å². The Morgan fingerprint density at radius 3 is 2.59 bits per heavy atom. The van der Waals surface area contributed by atoms with E-state index in [9.17, 15) is 9.59 Å². The maximum atomic E-state index is 12.3. The molecule has 22 heavy (non-hydrogen) atoms. The lowest BCUT2D eigenvalue weighted by Gasteiger charge is -2.20. The predicted molar refractivity (Wildman–Crippen MR) is 86.5 cm³/mol. The zero-order valence-corrected chi connectivity index (χ0v) is 13.4. The molecule has 0 heterocycles. The highest BCUT2D eigenvalue weighted by Crippen LogP contribution is 2.27. The molecule has 0 atom stereocenters. The molecule has 0 N–H and O–H groups in total. The molecule has 0 radical (unpaired) electrons. The van der Waals surface area contributed by atoms with Crippen LogP contribution in [0.15, 0.2) is 30.3 Å². The minimum Gasteiger partial charge on any atom is -0.466 e. The van der Waals surface area contributed by atoms with Crippen LogP contribution in [-0.2, 0) is 14.3 Å². The molecule has 1 aromatic rings. The lowest BCUT2D eigenvalue weighted by molar-refractivity contribution is -0.143. The van der Waals surface area contributed by atoms with E-state index >= 15 is 0 Å². The van der Waals surface area contributed by atoms with Crippen molar-refractivity contribution in [2.24, 2.45) is 0 Å². The molecule has 1 amide bonds.